The summed E-state index contributed by atoms with van der Waals surface area (Å²) in [4.78, 5) is 11.9. The van der Waals surface area contributed by atoms with Crippen molar-refractivity contribution < 1.29 is 22.7 Å². The highest BCUT2D eigenvalue weighted by Crippen LogP contribution is 2.29. The van der Waals surface area contributed by atoms with Gasteiger partial charge in [0.2, 0.25) is 0 Å². The Kier molecular flexibility index (Phi) is 4.32. The van der Waals surface area contributed by atoms with Crippen LogP contribution in [0.25, 0.3) is 0 Å². The molecule has 1 amide bonds. The molecule has 110 valence electrons. The van der Waals surface area contributed by atoms with Crippen LogP contribution in [0.4, 0.5) is 13.2 Å². The van der Waals surface area contributed by atoms with Crippen LogP contribution in [0.2, 0.25) is 0 Å². The molecule has 2 atom stereocenters. The van der Waals surface area contributed by atoms with E-state index in [1.807, 2.05) is 6.92 Å². The lowest BCUT2D eigenvalue weighted by Crippen LogP contribution is -2.40. The van der Waals surface area contributed by atoms with Crippen molar-refractivity contribution in [3.8, 4) is 0 Å². The van der Waals surface area contributed by atoms with E-state index >= 15 is 0 Å². The van der Waals surface area contributed by atoms with Crippen LogP contribution in [0.3, 0.4) is 0 Å². The summed E-state index contributed by atoms with van der Waals surface area (Å²) in [5.41, 5.74) is -0.552. The number of benzene rings is 1. The molecule has 2 unspecified atom stereocenters. The number of amides is 1. The van der Waals surface area contributed by atoms with Crippen molar-refractivity contribution in [1.82, 2.24) is 5.32 Å². The molecule has 0 bridgehead atoms. The summed E-state index contributed by atoms with van der Waals surface area (Å²) >= 11 is 0. The van der Waals surface area contributed by atoms with Crippen LogP contribution in [-0.2, 0) is 10.9 Å². The van der Waals surface area contributed by atoms with Gasteiger partial charge in [0.1, 0.15) is 0 Å². The van der Waals surface area contributed by atoms with Gasteiger partial charge >= 0.3 is 6.18 Å². The Bertz CT molecular complexity index is 464. The van der Waals surface area contributed by atoms with E-state index in [0.29, 0.717) is 6.61 Å². The minimum Gasteiger partial charge on any atom is -0.376 e. The minimum absolute atomic E-state index is 0.0200. The molecule has 2 rings (SSSR count). The molecule has 1 aliphatic heterocycles. The van der Waals surface area contributed by atoms with E-state index in [9.17, 15) is 18.0 Å². The molecule has 1 aromatic carbocycles. The number of hydrogen-bond donors (Lipinski definition) is 1. The Labute approximate surface area is 115 Å². The Morgan fingerprint density at radius 2 is 2.00 bits per heavy atom. The summed E-state index contributed by atoms with van der Waals surface area (Å²) < 4.78 is 42.7. The number of carbonyl (C=O) groups is 1. The van der Waals surface area contributed by atoms with Crippen LogP contribution in [0.5, 0.6) is 0 Å². The number of ether oxygens (including phenoxy) is 1. The van der Waals surface area contributed by atoms with Crippen molar-refractivity contribution >= 4 is 5.91 Å². The first-order chi connectivity index (χ1) is 9.38. The summed E-state index contributed by atoms with van der Waals surface area (Å²) in [6, 6.07) is 4.02. The van der Waals surface area contributed by atoms with Crippen molar-refractivity contribution in [2.45, 2.75) is 38.1 Å². The molecule has 3 nitrogen and oxygen atoms in total. The van der Waals surface area contributed by atoms with Crippen molar-refractivity contribution in [3.63, 3.8) is 0 Å². The molecule has 0 aromatic heterocycles. The maximum Gasteiger partial charge on any atom is 0.416 e. The van der Waals surface area contributed by atoms with Crippen LogP contribution in [-0.4, -0.2) is 24.7 Å². The first kappa shape index (κ1) is 14.8. The van der Waals surface area contributed by atoms with E-state index in [-0.39, 0.29) is 23.6 Å². The molecule has 1 fully saturated rings. The average Bonchev–Trinajstić information content (AvgIpc) is 2.91. The van der Waals surface area contributed by atoms with Crippen LogP contribution in [0, 0.1) is 0 Å². The van der Waals surface area contributed by atoms with Gasteiger partial charge in [-0.2, -0.15) is 13.2 Å². The molecular weight excluding hydrogens is 271 g/mol. The maximum atomic E-state index is 12.4. The average molecular weight is 287 g/mol. The fraction of sp³-hybridized carbons (Fsp3) is 0.500. The lowest BCUT2D eigenvalue weighted by Gasteiger charge is -2.20. The number of carbonyl (C=O) groups excluding carboxylic acids is 1. The van der Waals surface area contributed by atoms with Gasteiger partial charge in [-0.15, -0.1) is 0 Å². The van der Waals surface area contributed by atoms with Gasteiger partial charge in [0.15, 0.2) is 0 Å². The fourth-order valence-electron chi connectivity index (χ4n) is 2.19. The van der Waals surface area contributed by atoms with E-state index in [1.165, 1.54) is 12.1 Å². The highest BCUT2D eigenvalue weighted by Gasteiger charge is 2.30. The van der Waals surface area contributed by atoms with Crippen LogP contribution in [0.15, 0.2) is 24.3 Å². The third kappa shape index (κ3) is 3.50. The molecule has 0 spiro atoms. The van der Waals surface area contributed by atoms with Gasteiger partial charge in [-0.25, -0.2) is 0 Å². The van der Waals surface area contributed by atoms with Gasteiger partial charge in [-0.05, 0) is 44.0 Å². The monoisotopic (exact) mass is 287 g/mol. The Morgan fingerprint density at radius 3 is 2.50 bits per heavy atom. The lowest BCUT2D eigenvalue weighted by molar-refractivity contribution is -0.137. The number of halogens is 3. The first-order valence-corrected chi connectivity index (χ1v) is 6.47. The summed E-state index contributed by atoms with van der Waals surface area (Å²) in [5, 5.41) is 2.75. The Morgan fingerprint density at radius 1 is 1.35 bits per heavy atom. The normalized spacial score (nSPS) is 20.7. The quantitative estimate of drug-likeness (QED) is 0.928. The van der Waals surface area contributed by atoms with Gasteiger partial charge in [-0.1, -0.05) is 0 Å². The van der Waals surface area contributed by atoms with Crippen molar-refractivity contribution in [1.29, 1.82) is 0 Å². The molecule has 0 saturated carbocycles. The van der Waals surface area contributed by atoms with E-state index in [2.05, 4.69) is 5.32 Å². The number of rotatable bonds is 3. The fourth-order valence-corrected chi connectivity index (χ4v) is 2.19. The van der Waals surface area contributed by atoms with Crippen molar-refractivity contribution in [3.05, 3.63) is 35.4 Å². The predicted octanol–water partition coefficient (Wildman–Crippen LogP) is 3.00. The van der Waals surface area contributed by atoms with Crippen molar-refractivity contribution in [2.24, 2.45) is 0 Å². The molecule has 1 heterocycles. The number of alkyl halides is 3. The molecular formula is C14H16F3NO2. The molecule has 1 aromatic rings. The maximum absolute atomic E-state index is 12.4. The standard InChI is InChI=1S/C14H16F3NO2/c1-9(12-3-2-8-20-12)18-13(19)10-4-6-11(7-5-10)14(15,16)17/h4-7,9,12H,2-3,8H2,1H3,(H,18,19). The second-order valence-electron chi connectivity index (χ2n) is 4.89. The number of hydrogen-bond acceptors (Lipinski definition) is 2. The van der Waals surface area contributed by atoms with Crippen molar-refractivity contribution in [2.75, 3.05) is 6.61 Å². The van der Waals surface area contributed by atoms with E-state index in [4.69, 9.17) is 4.74 Å². The third-order valence-corrected chi connectivity index (χ3v) is 3.36. The number of nitrogens with one attached hydrogen (secondary N) is 1. The van der Waals surface area contributed by atoms with Gasteiger partial charge < -0.3 is 10.1 Å². The van der Waals surface area contributed by atoms with Gasteiger partial charge in [0.05, 0.1) is 17.7 Å². The summed E-state index contributed by atoms with van der Waals surface area (Å²) in [7, 11) is 0. The van der Waals surface area contributed by atoms with Gasteiger partial charge in [-0.3, -0.25) is 4.79 Å². The molecule has 1 aliphatic rings. The molecule has 0 radical (unpaired) electrons. The summed E-state index contributed by atoms with van der Waals surface area (Å²) in [6.07, 6.45) is -2.56. The SMILES string of the molecule is CC(NC(=O)c1ccc(C(F)(F)F)cc1)C1CCCO1. The smallest absolute Gasteiger partial charge is 0.376 e. The van der Waals surface area contributed by atoms with Gasteiger partial charge in [0, 0.05) is 12.2 Å². The molecule has 0 aliphatic carbocycles. The molecule has 20 heavy (non-hydrogen) atoms. The zero-order valence-corrected chi connectivity index (χ0v) is 11.0. The van der Waals surface area contributed by atoms with Crippen LogP contribution >= 0.6 is 0 Å². The van der Waals surface area contributed by atoms with Crippen LogP contribution in [0.1, 0.15) is 35.7 Å². The second kappa shape index (κ2) is 5.83. The van der Waals surface area contributed by atoms with Crippen LogP contribution < -0.4 is 5.32 Å². The van der Waals surface area contributed by atoms with Gasteiger partial charge in [0.25, 0.3) is 5.91 Å². The molecule has 1 saturated heterocycles. The zero-order valence-electron chi connectivity index (χ0n) is 11.0. The summed E-state index contributed by atoms with van der Waals surface area (Å²) in [6.45, 7) is 2.52. The highest BCUT2D eigenvalue weighted by atomic mass is 19.4. The first-order valence-electron chi connectivity index (χ1n) is 6.47. The van der Waals surface area contributed by atoms with E-state index < -0.39 is 11.7 Å². The third-order valence-electron chi connectivity index (χ3n) is 3.36. The van der Waals surface area contributed by atoms with E-state index in [0.717, 1.165) is 25.0 Å². The predicted molar refractivity (Wildman–Crippen MR) is 67.3 cm³/mol. The molecule has 1 N–H and O–H groups in total. The zero-order chi connectivity index (χ0) is 14.8. The second-order valence-corrected chi connectivity index (χ2v) is 4.89. The summed E-state index contributed by atoms with van der Waals surface area (Å²) in [5.74, 6) is -0.387. The Hall–Kier alpha value is -1.56. The highest BCUT2D eigenvalue weighted by molar-refractivity contribution is 5.94. The largest absolute Gasteiger partial charge is 0.416 e. The lowest BCUT2D eigenvalue weighted by atomic mass is 10.1. The topological polar surface area (TPSA) is 38.3 Å². The van der Waals surface area contributed by atoms with E-state index in [1.54, 1.807) is 0 Å². The molecule has 6 heteroatoms. The minimum atomic E-state index is -4.39. The Balaban J connectivity index is 1.98.